The van der Waals surface area contributed by atoms with E-state index >= 15 is 0 Å². The summed E-state index contributed by atoms with van der Waals surface area (Å²) in [6.45, 7) is 2.76. The van der Waals surface area contributed by atoms with Gasteiger partial charge in [0.15, 0.2) is 5.82 Å². The Balaban J connectivity index is 1.46. The van der Waals surface area contributed by atoms with Crippen molar-refractivity contribution < 1.29 is 5.11 Å². The highest BCUT2D eigenvalue weighted by Crippen LogP contribution is 2.26. The van der Waals surface area contributed by atoms with Gasteiger partial charge in [-0.15, -0.1) is 0 Å². The lowest BCUT2D eigenvalue weighted by molar-refractivity contribution is 0.203. The highest BCUT2D eigenvalue weighted by Gasteiger charge is 2.20. The molecule has 6 heteroatoms. The van der Waals surface area contributed by atoms with Crippen LogP contribution in [0.1, 0.15) is 18.4 Å². The summed E-state index contributed by atoms with van der Waals surface area (Å²) in [5.74, 6) is 2.06. The number of rotatable bonds is 5. The van der Waals surface area contributed by atoms with Crippen LogP contribution in [0.4, 0.5) is 17.3 Å². The van der Waals surface area contributed by atoms with Crippen LogP contribution in [-0.2, 0) is 6.54 Å². The first-order valence-electron chi connectivity index (χ1n) is 9.43. The molecule has 0 spiro atoms. The van der Waals surface area contributed by atoms with Crippen LogP contribution in [0, 0.1) is 5.92 Å². The number of aliphatic hydroxyl groups excluding tert-OH is 1. The molecule has 3 aromatic rings. The van der Waals surface area contributed by atoms with E-state index in [0.29, 0.717) is 24.0 Å². The second kappa shape index (κ2) is 7.80. The molecule has 0 unspecified atom stereocenters. The van der Waals surface area contributed by atoms with Crippen molar-refractivity contribution in [2.24, 2.45) is 5.92 Å². The Morgan fingerprint density at radius 3 is 2.81 bits per heavy atom. The van der Waals surface area contributed by atoms with Gasteiger partial charge in [0.2, 0.25) is 0 Å². The molecule has 4 rings (SSSR count). The van der Waals surface area contributed by atoms with Crippen LogP contribution in [0.15, 0.2) is 48.7 Å². The van der Waals surface area contributed by atoms with Gasteiger partial charge in [-0.2, -0.15) is 0 Å². The summed E-state index contributed by atoms with van der Waals surface area (Å²) in [7, 11) is 0. The van der Waals surface area contributed by atoms with Gasteiger partial charge >= 0.3 is 0 Å². The number of aliphatic hydroxyl groups is 1. The van der Waals surface area contributed by atoms with E-state index in [1.54, 1.807) is 6.20 Å². The number of nitrogens with zero attached hydrogens (tertiary/aromatic N) is 3. The van der Waals surface area contributed by atoms with Crippen LogP contribution < -0.4 is 16.0 Å². The van der Waals surface area contributed by atoms with Crippen LogP contribution in [0.5, 0.6) is 0 Å². The van der Waals surface area contributed by atoms with Crippen molar-refractivity contribution >= 4 is 28.2 Å². The van der Waals surface area contributed by atoms with Crippen molar-refractivity contribution in [3.8, 4) is 0 Å². The van der Waals surface area contributed by atoms with Crippen molar-refractivity contribution in [3.63, 3.8) is 0 Å². The van der Waals surface area contributed by atoms with Crippen LogP contribution >= 0.6 is 0 Å². The van der Waals surface area contributed by atoms with Gasteiger partial charge in [-0.25, -0.2) is 4.98 Å². The highest BCUT2D eigenvalue weighted by molar-refractivity contribution is 5.79. The lowest BCUT2D eigenvalue weighted by Gasteiger charge is -2.32. The number of aromatic nitrogens is 2. The van der Waals surface area contributed by atoms with E-state index in [1.807, 2.05) is 24.3 Å². The zero-order valence-corrected chi connectivity index (χ0v) is 15.3. The fourth-order valence-electron chi connectivity index (χ4n) is 3.54. The third-order valence-electron chi connectivity index (χ3n) is 5.24. The van der Waals surface area contributed by atoms with Gasteiger partial charge in [0.25, 0.3) is 0 Å². The Morgan fingerprint density at radius 1 is 1.15 bits per heavy atom. The number of anilines is 3. The first kappa shape index (κ1) is 17.5. The summed E-state index contributed by atoms with van der Waals surface area (Å²) in [6, 6.07) is 14.1. The maximum absolute atomic E-state index is 9.31. The number of nitrogens with one attached hydrogen (secondary N) is 1. The smallest absolute Gasteiger partial charge is 0.151 e. The fraction of sp³-hybridized carbons (Fsp3) is 0.333. The lowest BCUT2D eigenvalue weighted by Crippen LogP contribution is -2.35. The van der Waals surface area contributed by atoms with Gasteiger partial charge in [0, 0.05) is 37.8 Å². The molecule has 0 radical (unpaired) electrons. The maximum Gasteiger partial charge on any atom is 0.151 e. The van der Waals surface area contributed by atoms with Gasteiger partial charge in [-0.1, -0.05) is 12.1 Å². The summed E-state index contributed by atoms with van der Waals surface area (Å²) in [4.78, 5) is 11.4. The number of benzene rings is 1. The van der Waals surface area contributed by atoms with Crippen molar-refractivity contribution in [1.29, 1.82) is 0 Å². The van der Waals surface area contributed by atoms with Gasteiger partial charge in [0.1, 0.15) is 5.82 Å². The van der Waals surface area contributed by atoms with Gasteiger partial charge in [-0.3, -0.25) is 4.98 Å². The second-order valence-corrected chi connectivity index (χ2v) is 7.10. The molecule has 0 saturated carbocycles. The molecule has 1 fully saturated rings. The molecule has 0 amide bonds. The minimum Gasteiger partial charge on any atom is -0.396 e. The Bertz CT molecular complexity index is 921. The molecular formula is C21H25N5O. The molecule has 1 saturated heterocycles. The molecule has 140 valence electrons. The molecule has 6 nitrogen and oxygen atoms in total. The van der Waals surface area contributed by atoms with Crippen molar-refractivity contribution in [1.82, 2.24) is 9.97 Å². The molecule has 3 heterocycles. The number of fused-ring (bicyclic) bond motifs is 1. The number of pyridine rings is 2. The molecule has 27 heavy (non-hydrogen) atoms. The van der Waals surface area contributed by atoms with E-state index in [1.165, 1.54) is 0 Å². The summed E-state index contributed by atoms with van der Waals surface area (Å²) < 4.78 is 0. The largest absolute Gasteiger partial charge is 0.396 e. The second-order valence-electron chi connectivity index (χ2n) is 7.10. The molecule has 0 atom stereocenters. The minimum absolute atomic E-state index is 0.275. The van der Waals surface area contributed by atoms with Gasteiger partial charge < -0.3 is 21.1 Å². The quantitative estimate of drug-likeness (QED) is 0.646. The molecule has 0 bridgehead atoms. The summed E-state index contributed by atoms with van der Waals surface area (Å²) in [5.41, 5.74) is 8.93. The van der Waals surface area contributed by atoms with Crippen LogP contribution in [0.25, 0.3) is 10.9 Å². The van der Waals surface area contributed by atoms with Crippen LogP contribution in [0.3, 0.4) is 0 Å². The van der Waals surface area contributed by atoms with Crippen molar-refractivity contribution in [3.05, 3.63) is 54.2 Å². The predicted molar refractivity (Wildman–Crippen MR) is 110 cm³/mol. The van der Waals surface area contributed by atoms with E-state index in [4.69, 9.17) is 10.7 Å². The Hall–Kier alpha value is -2.86. The number of hydrogen-bond acceptors (Lipinski definition) is 6. The molecule has 4 N–H and O–H groups in total. The van der Waals surface area contributed by atoms with E-state index in [0.717, 1.165) is 48.2 Å². The minimum atomic E-state index is 0.275. The zero-order chi connectivity index (χ0) is 18.6. The standard InChI is InChI=1S/C21H25N5O/c22-18-4-6-20(26-10-7-15(14-27)8-11-26)25-21(18)24-13-16-3-5-19-17(12-16)2-1-9-23-19/h1-6,9,12,15,27H,7-8,10-11,13-14,22H2,(H,24,25). The van der Waals surface area contributed by atoms with Gasteiger partial charge in [-0.05, 0) is 54.7 Å². The molecular weight excluding hydrogens is 338 g/mol. The lowest BCUT2D eigenvalue weighted by atomic mass is 9.98. The van der Waals surface area contributed by atoms with E-state index < -0.39 is 0 Å². The molecule has 0 aliphatic carbocycles. The number of nitrogens with two attached hydrogens (primary N) is 1. The van der Waals surface area contributed by atoms with Crippen molar-refractivity contribution in [2.45, 2.75) is 19.4 Å². The Labute approximate surface area is 159 Å². The number of nitrogen functional groups attached to an aromatic ring is 1. The number of piperidine rings is 1. The fourth-order valence-corrected chi connectivity index (χ4v) is 3.54. The highest BCUT2D eigenvalue weighted by atomic mass is 16.3. The van der Waals surface area contributed by atoms with Gasteiger partial charge in [0.05, 0.1) is 11.2 Å². The summed E-state index contributed by atoms with van der Waals surface area (Å²) >= 11 is 0. The van der Waals surface area contributed by atoms with Crippen LogP contribution in [0.2, 0.25) is 0 Å². The van der Waals surface area contributed by atoms with E-state index in [2.05, 4.69) is 33.4 Å². The first-order valence-corrected chi connectivity index (χ1v) is 9.43. The molecule has 1 aliphatic heterocycles. The molecule has 1 aromatic carbocycles. The SMILES string of the molecule is Nc1ccc(N2CCC(CO)CC2)nc1NCc1ccc2ncccc2c1. The third kappa shape index (κ3) is 3.95. The van der Waals surface area contributed by atoms with E-state index in [-0.39, 0.29) is 6.61 Å². The summed E-state index contributed by atoms with van der Waals surface area (Å²) in [6.07, 6.45) is 3.80. The zero-order valence-electron chi connectivity index (χ0n) is 15.3. The average molecular weight is 363 g/mol. The van der Waals surface area contributed by atoms with Crippen molar-refractivity contribution in [2.75, 3.05) is 35.6 Å². The monoisotopic (exact) mass is 363 g/mol. The normalized spacial score (nSPS) is 15.2. The predicted octanol–water partition coefficient (Wildman–Crippen LogP) is 3.03. The summed E-state index contributed by atoms with van der Waals surface area (Å²) in [5, 5.41) is 13.8. The van der Waals surface area contributed by atoms with Crippen LogP contribution in [-0.4, -0.2) is 34.8 Å². The third-order valence-corrected chi connectivity index (χ3v) is 5.24. The van der Waals surface area contributed by atoms with E-state index in [9.17, 15) is 5.11 Å². The Kier molecular flexibility index (Phi) is 5.07. The average Bonchev–Trinajstić information content (AvgIpc) is 2.73. The topological polar surface area (TPSA) is 87.3 Å². The molecule has 2 aromatic heterocycles. The Morgan fingerprint density at radius 2 is 2.00 bits per heavy atom. The molecule has 1 aliphatic rings. The first-order chi connectivity index (χ1) is 13.2. The maximum atomic E-state index is 9.31. The number of hydrogen-bond donors (Lipinski definition) is 3.